The van der Waals surface area contributed by atoms with E-state index in [1.165, 1.54) is 83.5 Å². The number of carbonyl (C=O) groups is 2. The van der Waals surface area contributed by atoms with Crippen LogP contribution in [0.25, 0.3) is 0 Å². The number of aromatic nitrogens is 1. The van der Waals surface area contributed by atoms with E-state index >= 15 is 0 Å². The van der Waals surface area contributed by atoms with E-state index in [4.69, 9.17) is 14.2 Å². The first-order valence-corrected chi connectivity index (χ1v) is 17.7. The highest BCUT2D eigenvalue weighted by atomic mass is 32.1. The molecule has 0 unspecified atom stereocenters. The van der Waals surface area contributed by atoms with Gasteiger partial charge in [0.15, 0.2) is 6.20 Å². The van der Waals surface area contributed by atoms with Crippen LogP contribution < -0.4 is 9.88 Å². The van der Waals surface area contributed by atoms with Crippen LogP contribution >= 0.6 is 11.3 Å². The van der Waals surface area contributed by atoms with Gasteiger partial charge in [-0.05, 0) is 25.7 Å². The lowest BCUT2D eigenvalue weighted by Crippen LogP contribution is -2.29. The Labute approximate surface area is 254 Å². The summed E-state index contributed by atoms with van der Waals surface area (Å²) >= 11 is 1.69. The van der Waals surface area contributed by atoms with Gasteiger partial charge in [-0.15, -0.1) is 0 Å². The summed E-state index contributed by atoms with van der Waals surface area (Å²) in [6, 6.07) is 0. The van der Waals surface area contributed by atoms with Crippen LogP contribution in [-0.4, -0.2) is 44.5 Å². The van der Waals surface area contributed by atoms with Crippen LogP contribution in [0.5, 0.6) is 0 Å². The average Bonchev–Trinajstić information content (AvgIpc) is 3.67. The zero-order valence-electron chi connectivity index (χ0n) is 26.0. The fourth-order valence-corrected chi connectivity index (χ4v) is 5.96. The molecule has 41 heavy (non-hydrogen) atoms. The lowest BCUT2D eigenvalue weighted by atomic mass is 10.0. The van der Waals surface area contributed by atoms with Crippen molar-refractivity contribution in [3.8, 4) is 0 Å². The molecule has 236 valence electrons. The van der Waals surface area contributed by atoms with Gasteiger partial charge in [0.05, 0.1) is 24.7 Å². The predicted molar refractivity (Wildman–Crippen MR) is 166 cm³/mol. The normalized spacial score (nSPS) is 16.6. The number of unbranched alkanes of at least 4 members (excludes halogenated alkanes) is 16. The van der Waals surface area contributed by atoms with Gasteiger partial charge in [0.25, 0.3) is 0 Å². The van der Waals surface area contributed by atoms with Crippen LogP contribution in [0.15, 0.2) is 17.1 Å². The van der Waals surface area contributed by atoms with Gasteiger partial charge in [0, 0.05) is 25.3 Å². The molecule has 1 fully saturated rings. The lowest BCUT2D eigenvalue weighted by Gasteiger charge is -2.11. The number of rotatable bonds is 26. The summed E-state index contributed by atoms with van der Waals surface area (Å²) in [5.74, 6) is -0.000446. The largest absolute Gasteiger partial charge is 0.463 e. The summed E-state index contributed by atoms with van der Waals surface area (Å²) in [6.45, 7) is 5.11. The molecule has 0 spiro atoms. The Morgan fingerprint density at radius 3 is 2.10 bits per heavy atom. The van der Waals surface area contributed by atoms with Gasteiger partial charge in [0.2, 0.25) is 5.51 Å². The number of nitrogens with one attached hydrogen (secondary N) is 1. The van der Waals surface area contributed by atoms with Gasteiger partial charge >= 0.3 is 12.1 Å². The van der Waals surface area contributed by atoms with Crippen molar-refractivity contribution < 1.29 is 28.4 Å². The minimum absolute atomic E-state index is 0.106. The molecule has 0 saturated carbocycles. The average molecular weight is 596 g/mol. The molecule has 1 amide bonds. The van der Waals surface area contributed by atoms with E-state index in [9.17, 15) is 9.59 Å². The van der Waals surface area contributed by atoms with Gasteiger partial charge in [0.1, 0.15) is 13.2 Å². The number of alkyl carbamates (subject to hydrolysis) is 1. The highest BCUT2D eigenvalue weighted by Crippen LogP contribution is 2.20. The summed E-state index contributed by atoms with van der Waals surface area (Å²) in [4.78, 5) is 24.0. The quantitative estimate of drug-likeness (QED) is 0.0664. The Morgan fingerprint density at radius 1 is 0.829 bits per heavy atom. The number of esters is 1. The molecule has 0 bridgehead atoms. The third-order valence-electron chi connectivity index (χ3n) is 7.92. The van der Waals surface area contributed by atoms with Crippen molar-refractivity contribution in [1.82, 2.24) is 5.32 Å². The molecule has 0 radical (unpaired) electrons. The van der Waals surface area contributed by atoms with E-state index in [0.717, 1.165) is 45.1 Å². The summed E-state index contributed by atoms with van der Waals surface area (Å²) in [5, 5.41) is 4.93. The second kappa shape index (κ2) is 24.9. The maximum absolute atomic E-state index is 12.0. The Bertz CT molecular complexity index is 761. The summed E-state index contributed by atoms with van der Waals surface area (Å²) in [5.41, 5.74) is 2.10. The first-order chi connectivity index (χ1) is 20.2. The van der Waals surface area contributed by atoms with Gasteiger partial charge < -0.3 is 19.5 Å². The highest BCUT2D eigenvalue weighted by Gasteiger charge is 2.27. The predicted octanol–water partition coefficient (Wildman–Crippen LogP) is 8.14. The molecule has 2 heterocycles. The smallest absolute Gasteiger partial charge is 0.407 e. The van der Waals surface area contributed by atoms with Crippen molar-refractivity contribution in [3.63, 3.8) is 0 Å². The number of ether oxygens (including phenoxy) is 3. The number of nitrogens with zero attached hydrogens (tertiary/aromatic N) is 1. The molecule has 1 saturated heterocycles. The molecule has 7 nitrogen and oxygen atoms in total. The van der Waals surface area contributed by atoms with E-state index in [2.05, 4.69) is 33.9 Å². The van der Waals surface area contributed by atoms with Gasteiger partial charge in [-0.2, -0.15) is 4.57 Å². The van der Waals surface area contributed by atoms with Crippen molar-refractivity contribution in [3.05, 3.63) is 17.1 Å². The second-order valence-corrected chi connectivity index (χ2v) is 12.5. The third-order valence-corrected chi connectivity index (χ3v) is 8.59. The molecule has 1 aliphatic heterocycles. The Morgan fingerprint density at radius 2 is 1.46 bits per heavy atom. The molecular formula is C33H59N2O5S+. The Balaban J connectivity index is 1.31. The molecule has 1 aliphatic rings. The van der Waals surface area contributed by atoms with Gasteiger partial charge in [-0.1, -0.05) is 108 Å². The Hall–Kier alpha value is -1.67. The SMILES string of the molecule is CCCCCCCCCCCCCCCCCNC(=O)OC[C@@H]1CO[C@@H](COC(=O)CCCCC[n+]2ccsc2)C1. The molecule has 1 aromatic heterocycles. The number of thiazole rings is 1. The Kier molecular flexibility index (Phi) is 21.6. The van der Waals surface area contributed by atoms with Crippen molar-refractivity contribution in [1.29, 1.82) is 0 Å². The molecular weight excluding hydrogens is 536 g/mol. The van der Waals surface area contributed by atoms with Crippen molar-refractivity contribution in [2.45, 2.75) is 148 Å². The minimum atomic E-state index is -0.345. The number of amides is 1. The minimum Gasteiger partial charge on any atom is -0.463 e. The fraction of sp³-hybridized carbons (Fsp3) is 0.848. The van der Waals surface area contributed by atoms with Crippen molar-refractivity contribution in [2.75, 3.05) is 26.4 Å². The molecule has 8 heteroatoms. The standard InChI is InChI=1S/C33H58N2O5S/c1-2-3-4-5-6-7-8-9-10-11-12-13-14-15-18-21-34-33(37)40-27-30-25-31(38-26-30)28-39-32(36)20-17-16-19-22-35-23-24-41-29-35/h23-24,29-31H,2-22,25-28H2,1H3/p+1/t30-,31+/m0/s1. The van der Waals surface area contributed by atoms with Crippen LogP contribution in [0.2, 0.25) is 0 Å². The van der Waals surface area contributed by atoms with Gasteiger partial charge in [-0.3, -0.25) is 4.79 Å². The number of carbonyl (C=O) groups excluding carboxylic acids is 2. The maximum Gasteiger partial charge on any atom is 0.407 e. The van der Waals surface area contributed by atoms with Crippen molar-refractivity contribution in [2.24, 2.45) is 5.92 Å². The van der Waals surface area contributed by atoms with Crippen molar-refractivity contribution >= 4 is 23.4 Å². The number of aryl methyl sites for hydroxylation is 1. The van der Waals surface area contributed by atoms with Crippen LogP contribution in [0, 0.1) is 5.92 Å². The monoisotopic (exact) mass is 595 g/mol. The molecule has 2 rings (SSSR count). The molecule has 2 atom stereocenters. The van der Waals surface area contributed by atoms with E-state index in [-0.39, 0.29) is 30.7 Å². The molecule has 0 aromatic carbocycles. The van der Waals surface area contributed by atoms with Crippen LogP contribution in [0.1, 0.15) is 135 Å². The highest BCUT2D eigenvalue weighted by molar-refractivity contribution is 7.07. The number of hydrogen-bond donors (Lipinski definition) is 1. The van der Waals surface area contributed by atoms with Crippen LogP contribution in [0.4, 0.5) is 4.79 Å². The topological polar surface area (TPSA) is 77.7 Å². The number of hydrogen-bond acceptors (Lipinski definition) is 6. The van der Waals surface area contributed by atoms with E-state index < -0.39 is 0 Å². The van der Waals surface area contributed by atoms with E-state index in [1.807, 2.05) is 0 Å². The van der Waals surface area contributed by atoms with E-state index in [1.54, 1.807) is 11.3 Å². The zero-order valence-corrected chi connectivity index (χ0v) is 26.8. The maximum atomic E-state index is 12.0. The van der Waals surface area contributed by atoms with Crippen LogP contribution in [-0.2, 0) is 25.5 Å². The third kappa shape index (κ3) is 20.0. The lowest BCUT2D eigenvalue weighted by molar-refractivity contribution is -0.692. The molecule has 1 aromatic rings. The van der Waals surface area contributed by atoms with Crippen LogP contribution in [0.3, 0.4) is 0 Å². The summed E-state index contributed by atoms with van der Waals surface area (Å²) in [6.07, 6.45) is 25.8. The molecule has 0 aliphatic carbocycles. The zero-order chi connectivity index (χ0) is 29.2. The molecule has 1 N–H and O–H groups in total. The second-order valence-electron chi connectivity index (χ2n) is 11.8. The first-order valence-electron chi connectivity index (χ1n) is 16.8. The van der Waals surface area contributed by atoms with E-state index in [0.29, 0.717) is 26.2 Å². The first kappa shape index (κ1) is 35.5. The van der Waals surface area contributed by atoms with Gasteiger partial charge in [-0.25, -0.2) is 4.79 Å². The summed E-state index contributed by atoms with van der Waals surface area (Å²) in [7, 11) is 0. The fourth-order valence-electron chi connectivity index (χ4n) is 5.33. The summed E-state index contributed by atoms with van der Waals surface area (Å²) < 4.78 is 18.7.